The molecule has 2 fully saturated rings. The van der Waals surface area contributed by atoms with E-state index < -0.39 is 0 Å². The molecule has 0 aromatic heterocycles. The molecule has 0 bridgehead atoms. The highest BCUT2D eigenvalue weighted by Gasteiger charge is 2.22. The standard InChI is InChI=1S/C22H36ClN5O.HI/c1-24-22(25-17-19-6-8-26(9-7-19)14-15-29-2)28-12-10-27(11-13-28)18-20-4-3-5-21(23)16-20;/h3-5,16,19H,6-15,17-18H2,1-2H3,(H,24,25);1H. The second-order valence-corrected chi connectivity index (χ2v) is 8.54. The van der Waals surface area contributed by atoms with E-state index in [-0.39, 0.29) is 24.0 Å². The number of guanidine groups is 1. The highest BCUT2D eigenvalue weighted by atomic mass is 127. The van der Waals surface area contributed by atoms with Gasteiger partial charge >= 0.3 is 0 Å². The summed E-state index contributed by atoms with van der Waals surface area (Å²) < 4.78 is 5.19. The number of benzene rings is 1. The first-order valence-electron chi connectivity index (χ1n) is 10.8. The fourth-order valence-electron chi connectivity index (χ4n) is 4.21. The van der Waals surface area contributed by atoms with Crippen molar-refractivity contribution < 1.29 is 4.74 Å². The normalized spacial score (nSPS) is 19.6. The van der Waals surface area contributed by atoms with Crippen molar-refractivity contribution in [2.75, 3.05) is 73.1 Å². The van der Waals surface area contributed by atoms with Gasteiger partial charge in [-0.15, -0.1) is 24.0 Å². The van der Waals surface area contributed by atoms with Crippen LogP contribution >= 0.6 is 35.6 Å². The Morgan fingerprint density at radius 3 is 2.50 bits per heavy atom. The maximum Gasteiger partial charge on any atom is 0.193 e. The molecule has 2 saturated heterocycles. The molecular formula is C22H37ClIN5O. The summed E-state index contributed by atoms with van der Waals surface area (Å²) in [6, 6.07) is 8.18. The molecule has 6 nitrogen and oxygen atoms in total. The van der Waals surface area contributed by atoms with E-state index in [1.54, 1.807) is 7.11 Å². The van der Waals surface area contributed by atoms with Crippen molar-refractivity contribution in [3.05, 3.63) is 34.9 Å². The number of rotatable bonds is 7. The molecule has 0 radical (unpaired) electrons. The Labute approximate surface area is 204 Å². The van der Waals surface area contributed by atoms with Gasteiger partial charge in [-0.1, -0.05) is 23.7 Å². The van der Waals surface area contributed by atoms with Crippen LogP contribution in [0.5, 0.6) is 0 Å². The second-order valence-electron chi connectivity index (χ2n) is 8.10. The van der Waals surface area contributed by atoms with Crippen LogP contribution < -0.4 is 5.32 Å². The second kappa shape index (κ2) is 13.7. The summed E-state index contributed by atoms with van der Waals surface area (Å²) in [6.45, 7) is 10.3. The van der Waals surface area contributed by atoms with E-state index >= 15 is 0 Å². The molecular weight excluding hydrogens is 513 g/mol. The zero-order valence-corrected chi connectivity index (χ0v) is 21.4. The van der Waals surface area contributed by atoms with Gasteiger partial charge in [-0.2, -0.15) is 0 Å². The van der Waals surface area contributed by atoms with Crippen molar-refractivity contribution in [2.24, 2.45) is 10.9 Å². The number of piperazine rings is 1. The van der Waals surface area contributed by atoms with Gasteiger partial charge in [0.2, 0.25) is 0 Å². The summed E-state index contributed by atoms with van der Waals surface area (Å²) in [6.07, 6.45) is 2.50. The number of hydrogen-bond donors (Lipinski definition) is 1. The Hall–Kier alpha value is -0.610. The number of hydrogen-bond acceptors (Lipinski definition) is 4. The van der Waals surface area contributed by atoms with Gasteiger partial charge in [0.1, 0.15) is 0 Å². The van der Waals surface area contributed by atoms with Crippen LogP contribution in [-0.4, -0.2) is 93.8 Å². The fourth-order valence-corrected chi connectivity index (χ4v) is 4.43. The molecule has 3 rings (SSSR count). The number of ether oxygens (including phenoxy) is 1. The van der Waals surface area contributed by atoms with Crippen LogP contribution in [0.3, 0.4) is 0 Å². The Morgan fingerprint density at radius 2 is 1.87 bits per heavy atom. The monoisotopic (exact) mass is 549 g/mol. The SMILES string of the molecule is CN=C(NCC1CCN(CCOC)CC1)N1CCN(Cc2cccc(Cl)c2)CC1.I. The molecule has 1 aromatic carbocycles. The van der Waals surface area contributed by atoms with E-state index in [0.717, 1.165) is 69.3 Å². The third-order valence-electron chi connectivity index (χ3n) is 6.05. The highest BCUT2D eigenvalue weighted by Crippen LogP contribution is 2.17. The van der Waals surface area contributed by atoms with Gasteiger partial charge < -0.3 is 19.9 Å². The Kier molecular flexibility index (Phi) is 11.7. The van der Waals surface area contributed by atoms with E-state index in [1.165, 1.54) is 31.5 Å². The Balaban J connectivity index is 0.00000320. The molecule has 1 aromatic rings. The largest absolute Gasteiger partial charge is 0.383 e. The topological polar surface area (TPSA) is 43.3 Å². The van der Waals surface area contributed by atoms with Crippen LogP contribution in [-0.2, 0) is 11.3 Å². The third kappa shape index (κ3) is 8.15. The quantitative estimate of drug-likeness (QED) is 0.322. The minimum atomic E-state index is 0. The molecule has 0 spiro atoms. The smallest absolute Gasteiger partial charge is 0.193 e. The minimum Gasteiger partial charge on any atom is -0.383 e. The van der Waals surface area contributed by atoms with E-state index in [1.807, 2.05) is 19.2 Å². The Bertz CT molecular complexity index is 646. The van der Waals surface area contributed by atoms with Crippen molar-refractivity contribution in [3.8, 4) is 0 Å². The van der Waals surface area contributed by atoms with E-state index in [2.05, 4.69) is 37.1 Å². The molecule has 0 atom stereocenters. The Morgan fingerprint density at radius 1 is 1.13 bits per heavy atom. The summed E-state index contributed by atoms with van der Waals surface area (Å²) in [7, 11) is 3.67. The zero-order valence-electron chi connectivity index (χ0n) is 18.4. The van der Waals surface area contributed by atoms with Gasteiger partial charge in [-0.05, 0) is 49.5 Å². The van der Waals surface area contributed by atoms with Gasteiger partial charge in [-0.3, -0.25) is 9.89 Å². The molecule has 2 aliphatic heterocycles. The zero-order chi connectivity index (χ0) is 20.5. The van der Waals surface area contributed by atoms with Gasteiger partial charge in [0.05, 0.1) is 6.61 Å². The predicted octanol–water partition coefficient (Wildman–Crippen LogP) is 3.01. The highest BCUT2D eigenvalue weighted by molar-refractivity contribution is 14.0. The van der Waals surface area contributed by atoms with Gasteiger partial charge in [0.15, 0.2) is 5.96 Å². The number of halogens is 2. The predicted molar refractivity (Wildman–Crippen MR) is 136 cm³/mol. The number of methoxy groups -OCH3 is 1. The fraction of sp³-hybridized carbons (Fsp3) is 0.682. The molecule has 0 unspecified atom stereocenters. The van der Waals surface area contributed by atoms with Gasteiger partial charge in [0, 0.05) is 65.0 Å². The minimum absolute atomic E-state index is 0. The first-order chi connectivity index (χ1) is 14.2. The molecule has 30 heavy (non-hydrogen) atoms. The van der Waals surface area contributed by atoms with Crippen LogP contribution in [0.25, 0.3) is 0 Å². The maximum atomic E-state index is 6.12. The summed E-state index contributed by atoms with van der Waals surface area (Å²) >= 11 is 6.12. The number of aliphatic imine (C=N–C) groups is 1. The van der Waals surface area contributed by atoms with Crippen molar-refractivity contribution in [2.45, 2.75) is 19.4 Å². The first kappa shape index (κ1) is 25.6. The van der Waals surface area contributed by atoms with Crippen LogP contribution in [0, 0.1) is 5.92 Å². The summed E-state index contributed by atoms with van der Waals surface area (Å²) in [4.78, 5) is 11.9. The maximum absolute atomic E-state index is 6.12. The molecule has 2 aliphatic rings. The van der Waals surface area contributed by atoms with E-state index in [9.17, 15) is 0 Å². The van der Waals surface area contributed by atoms with Crippen LogP contribution in [0.4, 0.5) is 0 Å². The molecule has 2 heterocycles. The summed E-state index contributed by atoms with van der Waals surface area (Å²) in [5.74, 6) is 1.78. The average molecular weight is 550 g/mol. The lowest BCUT2D eigenvalue weighted by atomic mass is 9.97. The van der Waals surface area contributed by atoms with E-state index in [0.29, 0.717) is 0 Å². The molecule has 170 valence electrons. The summed E-state index contributed by atoms with van der Waals surface area (Å²) in [5, 5.41) is 4.45. The lowest BCUT2D eigenvalue weighted by molar-refractivity contribution is 0.120. The number of nitrogens with one attached hydrogen (secondary N) is 1. The third-order valence-corrected chi connectivity index (χ3v) is 6.28. The van der Waals surface area contributed by atoms with Crippen LogP contribution in [0.15, 0.2) is 29.3 Å². The number of piperidine rings is 1. The first-order valence-corrected chi connectivity index (χ1v) is 11.2. The molecule has 0 saturated carbocycles. The number of likely N-dealkylation sites (tertiary alicyclic amines) is 1. The van der Waals surface area contributed by atoms with Crippen molar-refractivity contribution >= 4 is 41.5 Å². The van der Waals surface area contributed by atoms with Crippen molar-refractivity contribution in [3.63, 3.8) is 0 Å². The van der Waals surface area contributed by atoms with Crippen molar-refractivity contribution in [1.82, 2.24) is 20.0 Å². The molecule has 0 amide bonds. The lowest BCUT2D eigenvalue weighted by Gasteiger charge is -2.37. The number of nitrogens with zero attached hydrogens (tertiary/aromatic N) is 4. The summed E-state index contributed by atoms with van der Waals surface area (Å²) in [5.41, 5.74) is 1.28. The molecule has 8 heteroatoms. The van der Waals surface area contributed by atoms with Gasteiger partial charge in [0.25, 0.3) is 0 Å². The molecule has 1 N–H and O–H groups in total. The van der Waals surface area contributed by atoms with Gasteiger partial charge in [-0.25, -0.2) is 0 Å². The molecule has 0 aliphatic carbocycles. The average Bonchev–Trinajstić information content (AvgIpc) is 2.74. The van der Waals surface area contributed by atoms with E-state index in [4.69, 9.17) is 16.3 Å². The van der Waals surface area contributed by atoms with Crippen molar-refractivity contribution in [1.29, 1.82) is 0 Å². The van der Waals surface area contributed by atoms with Crippen LogP contribution in [0.2, 0.25) is 5.02 Å². The lowest BCUT2D eigenvalue weighted by Crippen LogP contribution is -2.53. The van der Waals surface area contributed by atoms with Crippen LogP contribution in [0.1, 0.15) is 18.4 Å².